The van der Waals surface area contributed by atoms with Gasteiger partial charge in [-0.2, -0.15) is 0 Å². The van der Waals surface area contributed by atoms with Gasteiger partial charge >= 0.3 is 0 Å². The maximum atomic E-state index is 12.7. The van der Waals surface area contributed by atoms with Gasteiger partial charge in [0.25, 0.3) is 11.8 Å². The number of aryl methyl sites for hydroxylation is 1. The molecule has 0 radical (unpaired) electrons. The molecular weight excluding hydrogens is 456 g/mol. The number of hydrogen-bond donors (Lipinski definition) is 1. The predicted molar refractivity (Wildman–Crippen MR) is 138 cm³/mol. The molecule has 0 saturated carbocycles. The SMILES string of the molecule is CCOc1cc(/C=C2\SC(=S)N(C(C)C)C2=O)ccc1OCC(=O)Nc1ccccc1CC. The van der Waals surface area contributed by atoms with Crippen molar-refractivity contribution in [2.75, 3.05) is 18.5 Å². The van der Waals surface area contributed by atoms with Crippen LogP contribution in [0.4, 0.5) is 5.69 Å². The molecule has 2 aromatic carbocycles. The molecular formula is C25H28N2O4S2. The van der Waals surface area contributed by atoms with Crippen LogP contribution in [0.3, 0.4) is 0 Å². The van der Waals surface area contributed by atoms with Crippen LogP contribution in [0.15, 0.2) is 47.4 Å². The molecule has 0 aromatic heterocycles. The highest BCUT2D eigenvalue weighted by atomic mass is 32.2. The van der Waals surface area contributed by atoms with Crippen LogP contribution in [-0.4, -0.2) is 40.3 Å². The summed E-state index contributed by atoms with van der Waals surface area (Å²) in [5.74, 6) is 0.622. The van der Waals surface area contributed by atoms with Gasteiger partial charge in [0.1, 0.15) is 4.32 Å². The van der Waals surface area contributed by atoms with E-state index in [2.05, 4.69) is 5.32 Å². The minimum absolute atomic E-state index is 0.00796. The first kappa shape index (κ1) is 24.8. The zero-order valence-electron chi connectivity index (χ0n) is 19.2. The number of para-hydroxylation sites is 1. The number of nitrogens with zero attached hydrogens (tertiary/aromatic N) is 1. The molecule has 2 aromatic rings. The van der Waals surface area contributed by atoms with Crippen LogP contribution in [0.25, 0.3) is 6.08 Å². The van der Waals surface area contributed by atoms with Crippen molar-refractivity contribution in [2.45, 2.75) is 40.2 Å². The van der Waals surface area contributed by atoms with E-state index in [-0.39, 0.29) is 24.5 Å². The van der Waals surface area contributed by atoms with Gasteiger partial charge in [-0.15, -0.1) is 0 Å². The maximum absolute atomic E-state index is 12.7. The molecule has 8 heteroatoms. The summed E-state index contributed by atoms with van der Waals surface area (Å²) < 4.78 is 12.0. The number of benzene rings is 2. The van der Waals surface area contributed by atoms with Gasteiger partial charge in [0.05, 0.1) is 11.5 Å². The van der Waals surface area contributed by atoms with Crippen molar-refractivity contribution in [3.05, 3.63) is 58.5 Å². The second-order valence-electron chi connectivity index (χ2n) is 7.63. The molecule has 174 valence electrons. The molecule has 0 atom stereocenters. The van der Waals surface area contributed by atoms with E-state index < -0.39 is 0 Å². The summed E-state index contributed by atoms with van der Waals surface area (Å²) in [6.07, 6.45) is 2.62. The third-order valence-electron chi connectivity index (χ3n) is 4.94. The van der Waals surface area contributed by atoms with Crippen LogP contribution in [0.2, 0.25) is 0 Å². The normalized spacial score (nSPS) is 14.8. The van der Waals surface area contributed by atoms with Crippen molar-refractivity contribution in [3.8, 4) is 11.5 Å². The Kier molecular flexibility index (Phi) is 8.52. The lowest BCUT2D eigenvalue weighted by atomic mass is 10.1. The first-order chi connectivity index (χ1) is 15.8. The van der Waals surface area contributed by atoms with E-state index in [1.165, 1.54) is 11.8 Å². The van der Waals surface area contributed by atoms with Crippen LogP contribution >= 0.6 is 24.0 Å². The number of carbonyl (C=O) groups excluding carboxylic acids is 2. The van der Waals surface area contributed by atoms with Gasteiger partial charge < -0.3 is 14.8 Å². The van der Waals surface area contributed by atoms with Crippen LogP contribution in [0.5, 0.6) is 11.5 Å². The Morgan fingerprint density at radius 3 is 2.58 bits per heavy atom. The second-order valence-corrected chi connectivity index (χ2v) is 9.31. The monoisotopic (exact) mass is 484 g/mol. The number of rotatable bonds is 9. The third kappa shape index (κ3) is 6.15. The topological polar surface area (TPSA) is 67.9 Å². The average molecular weight is 485 g/mol. The summed E-state index contributed by atoms with van der Waals surface area (Å²) in [5, 5.41) is 2.89. The number of carbonyl (C=O) groups is 2. The van der Waals surface area contributed by atoms with Gasteiger partial charge in [0.2, 0.25) is 0 Å². The maximum Gasteiger partial charge on any atom is 0.266 e. The standard InChI is InChI=1S/C25H28N2O4S2/c1-5-18-9-7-8-10-19(18)26-23(28)15-31-20-12-11-17(13-21(20)30-6-2)14-22-24(29)27(16(3)4)25(32)33-22/h7-14,16H,5-6,15H2,1-4H3,(H,26,28)/b22-14-. The highest BCUT2D eigenvalue weighted by Gasteiger charge is 2.33. The molecule has 3 rings (SSSR count). The third-order valence-corrected chi connectivity index (χ3v) is 6.27. The highest BCUT2D eigenvalue weighted by molar-refractivity contribution is 8.26. The molecule has 1 aliphatic rings. The molecule has 1 heterocycles. The Morgan fingerprint density at radius 1 is 1.15 bits per heavy atom. The number of hydrogen-bond acceptors (Lipinski definition) is 6. The van der Waals surface area contributed by atoms with Crippen LogP contribution < -0.4 is 14.8 Å². The van der Waals surface area contributed by atoms with Crippen molar-refractivity contribution in [1.29, 1.82) is 0 Å². The molecule has 1 saturated heterocycles. The number of anilines is 1. The number of thioether (sulfide) groups is 1. The lowest BCUT2D eigenvalue weighted by molar-refractivity contribution is -0.123. The van der Waals surface area contributed by atoms with Gasteiger partial charge in [-0.3, -0.25) is 14.5 Å². The molecule has 0 aliphatic carbocycles. The molecule has 0 bridgehead atoms. The molecule has 33 heavy (non-hydrogen) atoms. The molecule has 2 amide bonds. The zero-order chi connectivity index (χ0) is 24.0. The smallest absolute Gasteiger partial charge is 0.266 e. The zero-order valence-corrected chi connectivity index (χ0v) is 20.8. The number of amides is 2. The van der Waals surface area contributed by atoms with E-state index in [1.807, 2.05) is 58.0 Å². The number of nitrogens with one attached hydrogen (secondary N) is 1. The van der Waals surface area contributed by atoms with E-state index in [4.69, 9.17) is 21.7 Å². The molecule has 1 fully saturated rings. The fourth-order valence-electron chi connectivity index (χ4n) is 3.36. The molecule has 1 N–H and O–H groups in total. The predicted octanol–water partition coefficient (Wildman–Crippen LogP) is 5.27. The summed E-state index contributed by atoms with van der Waals surface area (Å²) in [7, 11) is 0. The summed E-state index contributed by atoms with van der Waals surface area (Å²) >= 11 is 6.63. The summed E-state index contributed by atoms with van der Waals surface area (Å²) in [6.45, 7) is 8.07. The number of ether oxygens (including phenoxy) is 2. The molecule has 0 spiro atoms. The van der Waals surface area contributed by atoms with E-state index in [9.17, 15) is 9.59 Å². The van der Waals surface area contributed by atoms with E-state index in [0.717, 1.165) is 23.2 Å². The largest absolute Gasteiger partial charge is 0.490 e. The fourth-order valence-corrected chi connectivity index (χ4v) is 4.88. The van der Waals surface area contributed by atoms with Crippen LogP contribution in [-0.2, 0) is 16.0 Å². The van der Waals surface area contributed by atoms with Crippen molar-refractivity contribution in [3.63, 3.8) is 0 Å². The minimum Gasteiger partial charge on any atom is -0.490 e. The minimum atomic E-state index is -0.250. The number of thiocarbonyl (C=S) groups is 1. The Hall–Kier alpha value is -2.84. The first-order valence-corrected chi connectivity index (χ1v) is 12.1. The van der Waals surface area contributed by atoms with Crippen molar-refractivity contribution in [1.82, 2.24) is 4.90 Å². The lowest BCUT2D eigenvalue weighted by Gasteiger charge is -2.18. The van der Waals surface area contributed by atoms with Crippen LogP contribution in [0, 0.1) is 0 Å². The van der Waals surface area contributed by atoms with Gasteiger partial charge in [-0.25, -0.2) is 0 Å². The Balaban J connectivity index is 1.72. The van der Waals surface area contributed by atoms with Gasteiger partial charge in [0, 0.05) is 11.7 Å². The fraction of sp³-hybridized carbons (Fsp3) is 0.320. The summed E-state index contributed by atoms with van der Waals surface area (Å²) in [6, 6.07) is 13.1. The van der Waals surface area contributed by atoms with Gasteiger partial charge in [0.15, 0.2) is 18.1 Å². The van der Waals surface area contributed by atoms with Gasteiger partial charge in [-0.1, -0.05) is 55.2 Å². The van der Waals surface area contributed by atoms with Crippen molar-refractivity contribution < 1.29 is 19.1 Å². The quantitative estimate of drug-likeness (QED) is 0.386. The summed E-state index contributed by atoms with van der Waals surface area (Å²) in [4.78, 5) is 27.3. The lowest BCUT2D eigenvalue weighted by Crippen LogP contribution is -2.34. The van der Waals surface area contributed by atoms with E-state index in [1.54, 1.807) is 23.1 Å². The molecule has 1 aliphatic heterocycles. The first-order valence-electron chi connectivity index (χ1n) is 10.9. The van der Waals surface area contributed by atoms with Gasteiger partial charge in [-0.05, 0) is 62.6 Å². The molecule has 6 nitrogen and oxygen atoms in total. The Morgan fingerprint density at radius 2 is 1.91 bits per heavy atom. The Labute approximate surface area is 204 Å². The van der Waals surface area contributed by atoms with E-state index >= 15 is 0 Å². The van der Waals surface area contributed by atoms with Crippen LogP contribution in [0.1, 0.15) is 38.8 Å². The second kappa shape index (κ2) is 11.3. The molecule has 0 unspecified atom stereocenters. The summed E-state index contributed by atoms with van der Waals surface area (Å²) in [5.41, 5.74) is 2.64. The van der Waals surface area contributed by atoms with Crippen molar-refractivity contribution >= 4 is 51.9 Å². The van der Waals surface area contributed by atoms with E-state index in [0.29, 0.717) is 27.3 Å². The highest BCUT2D eigenvalue weighted by Crippen LogP contribution is 2.35. The van der Waals surface area contributed by atoms with Crippen molar-refractivity contribution in [2.24, 2.45) is 0 Å². The average Bonchev–Trinajstić information content (AvgIpc) is 3.06. The Bertz CT molecular complexity index is 1080.